The summed E-state index contributed by atoms with van der Waals surface area (Å²) < 4.78 is 10.3. The van der Waals surface area contributed by atoms with Gasteiger partial charge in [-0.3, -0.25) is 14.9 Å². The van der Waals surface area contributed by atoms with Gasteiger partial charge in [-0.1, -0.05) is 0 Å². The van der Waals surface area contributed by atoms with Crippen LogP contribution < -0.4 is 20.1 Å². The van der Waals surface area contributed by atoms with Crippen molar-refractivity contribution in [3.63, 3.8) is 0 Å². The van der Waals surface area contributed by atoms with Crippen molar-refractivity contribution in [1.82, 2.24) is 15.2 Å². The van der Waals surface area contributed by atoms with Crippen molar-refractivity contribution in [1.29, 1.82) is 0 Å². The van der Waals surface area contributed by atoms with Gasteiger partial charge in [-0.25, -0.2) is 4.98 Å². The summed E-state index contributed by atoms with van der Waals surface area (Å²) in [6, 6.07) is 4.87. The highest BCUT2D eigenvalue weighted by molar-refractivity contribution is 7.14. The van der Waals surface area contributed by atoms with Gasteiger partial charge in [0.2, 0.25) is 0 Å². The van der Waals surface area contributed by atoms with E-state index >= 15 is 0 Å². The number of hydrogen-bond donors (Lipinski definition) is 2. The lowest BCUT2D eigenvalue weighted by atomic mass is 10.2. The molecule has 0 saturated carbocycles. The molecule has 9 heteroatoms. The Kier molecular flexibility index (Phi) is 6.93. The van der Waals surface area contributed by atoms with E-state index in [0.717, 1.165) is 6.54 Å². The summed E-state index contributed by atoms with van der Waals surface area (Å²) in [5, 5.41) is 7.40. The van der Waals surface area contributed by atoms with Crippen molar-refractivity contribution in [3.8, 4) is 11.5 Å². The summed E-state index contributed by atoms with van der Waals surface area (Å²) in [7, 11) is 6.88. The van der Waals surface area contributed by atoms with Crippen LogP contribution >= 0.6 is 11.3 Å². The zero-order valence-corrected chi connectivity index (χ0v) is 16.0. The molecule has 0 saturated heterocycles. The predicted molar refractivity (Wildman–Crippen MR) is 101 cm³/mol. The molecule has 0 fully saturated rings. The Labute approximate surface area is 156 Å². The number of carbonyl (C=O) groups is 2. The van der Waals surface area contributed by atoms with Gasteiger partial charge in [0.05, 0.1) is 14.2 Å². The molecule has 0 aliphatic heterocycles. The number of thiazole rings is 1. The van der Waals surface area contributed by atoms with Crippen LogP contribution in [0.3, 0.4) is 0 Å². The van der Waals surface area contributed by atoms with Crippen LogP contribution in [0.4, 0.5) is 5.13 Å². The molecule has 26 heavy (non-hydrogen) atoms. The van der Waals surface area contributed by atoms with E-state index in [2.05, 4.69) is 15.6 Å². The van der Waals surface area contributed by atoms with Crippen LogP contribution in [-0.2, 0) is 0 Å². The molecular formula is C17H22N4O4S. The van der Waals surface area contributed by atoms with Crippen LogP contribution in [0.15, 0.2) is 23.6 Å². The first-order valence-corrected chi connectivity index (χ1v) is 8.73. The number of nitrogens with one attached hydrogen (secondary N) is 2. The molecule has 2 amide bonds. The number of nitrogens with zero attached hydrogens (tertiary/aromatic N) is 2. The van der Waals surface area contributed by atoms with Crippen molar-refractivity contribution >= 4 is 28.3 Å². The van der Waals surface area contributed by atoms with Gasteiger partial charge in [0, 0.05) is 30.1 Å². The first-order valence-electron chi connectivity index (χ1n) is 7.85. The highest BCUT2D eigenvalue weighted by atomic mass is 32.1. The SMILES string of the molecule is COc1cc(OC)cc(C(=O)Nc2nc(C(=O)NCCN(C)C)cs2)c1. The Morgan fingerprint density at radius 1 is 1.12 bits per heavy atom. The molecule has 1 aromatic carbocycles. The molecule has 0 aliphatic carbocycles. The lowest BCUT2D eigenvalue weighted by Gasteiger charge is -2.09. The number of ether oxygens (including phenoxy) is 2. The Bertz CT molecular complexity index is 754. The molecule has 2 aromatic rings. The Hall–Kier alpha value is -2.65. The average molecular weight is 378 g/mol. The monoisotopic (exact) mass is 378 g/mol. The number of amides is 2. The van der Waals surface area contributed by atoms with E-state index in [9.17, 15) is 9.59 Å². The van der Waals surface area contributed by atoms with Gasteiger partial charge >= 0.3 is 0 Å². The van der Waals surface area contributed by atoms with Crippen molar-refractivity contribution in [2.75, 3.05) is 46.7 Å². The zero-order valence-electron chi connectivity index (χ0n) is 15.2. The quantitative estimate of drug-likeness (QED) is 0.726. The number of benzene rings is 1. The third kappa shape index (κ3) is 5.43. The number of anilines is 1. The molecule has 140 valence electrons. The Balaban J connectivity index is 2.02. The lowest BCUT2D eigenvalue weighted by Crippen LogP contribution is -2.31. The van der Waals surface area contributed by atoms with Gasteiger partial charge in [-0.2, -0.15) is 0 Å². The summed E-state index contributed by atoms with van der Waals surface area (Å²) in [6.07, 6.45) is 0. The summed E-state index contributed by atoms with van der Waals surface area (Å²) in [6.45, 7) is 1.26. The number of carbonyl (C=O) groups excluding carboxylic acids is 2. The fraction of sp³-hybridized carbons (Fsp3) is 0.353. The second kappa shape index (κ2) is 9.16. The highest BCUT2D eigenvalue weighted by Crippen LogP contribution is 2.24. The summed E-state index contributed by atoms with van der Waals surface area (Å²) in [5.74, 6) is 0.381. The van der Waals surface area contributed by atoms with E-state index < -0.39 is 0 Å². The molecule has 0 aliphatic rings. The van der Waals surface area contributed by atoms with Gasteiger partial charge in [-0.05, 0) is 26.2 Å². The van der Waals surface area contributed by atoms with Gasteiger partial charge in [0.25, 0.3) is 11.8 Å². The largest absolute Gasteiger partial charge is 0.497 e. The van der Waals surface area contributed by atoms with Crippen LogP contribution in [0, 0.1) is 0 Å². The standard InChI is InChI=1S/C17H22N4O4S/c1-21(2)6-5-18-16(23)14-10-26-17(19-14)20-15(22)11-7-12(24-3)9-13(8-11)25-4/h7-10H,5-6H2,1-4H3,(H,18,23)(H,19,20,22). The first-order chi connectivity index (χ1) is 12.4. The molecule has 0 radical (unpaired) electrons. The van der Waals surface area contributed by atoms with Gasteiger partial charge in [0.1, 0.15) is 17.2 Å². The van der Waals surface area contributed by atoms with E-state index in [1.807, 2.05) is 19.0 Å². The number of rotatable bonds is 8. The topological polar surface area (TPSA) is 92.8 Å². The maximum atomic E-state index is 12.4. The minimum atomic E-state index is -0.365. The second-order valence-electron chi connectivity index (χ2n) is 5.65. The maximum Gasteiger partial charge on any atom is 0.270 e. The number of hydrogen-bond acceptors (Lipinski definition) is 7. The van der Waals surface area contributed by atoms with Crippen LogP contribution in [0.5, 0.6) is 11.5 Å². The van der Waals surface area contributed by atoms with E-state index in [1.165, 1.54) is 25.6 Å². The minimum absolute atomic E-state index is 0.271. The van der Waals surface area contributed by atoms with Gasteiger partial charge < -0.3 is 19.7 Å². The van der Waals surface area contributed by atoms with E-state index in [4.69, 9.17) is 9.47 Å². The summed E-state index contributed by atoms with van der Waals surface area (Å²) in [5.41, 5.74) is 0.640. The summed E-state index contributed by atoms with van der Waals surface area (Å²) >= 11 is 1.18. The Morgan fingerprint density at radius 2 is 1.77 bits per heavy atom. The molecule has 0 atom stereocenters. The van der Waals surface area contributed by atoms with Crippen LogP contribution in [0.25, 0.3) is 0 Å². The number of methoxy groups -OCH3 is 2. The molecule has 1 aromatic heterocycles. The molecule has 0 unspecified atom stereocenters. The number of likely N-dealkylation sites (N-methyl/N-ethyl adjacent to an activating group) is 1. The molecule has 1 heterocycles. The second-order valence-corrected chi connectivity index (χ2v) is 6.51. The first kappa shape index (κ1) is 19.7. The normalized spacial score (nSPS) is 10.5. The fourth-order valence-electron chi connectivity index (χ4n) is 2.03. The zero-order chi connectivity index (χ0) is 19.1. The third-order valence-electron chi connectivity index (χ3n) is 3.42. The van der Waals surface area contributed by atoms with E-state index in [1.54, 1.807) is 23.6 Å². The van der Waals surface area contributed by atoms with Crippen molar-refractivity contribution in [2.45, 2.75) is 0 Å². The molecule has 8 nitrogen and oxygen atoms in total. The highest BCUT2D eigenvalue weighted by Gasteiger charge is 2.14. The lowest BCUT2D eigenvalue weighted by molar-refractivity contribution is 0.0945. The number of aromatic nitrogens is 1. The molecule has 2 N–H and O–H groups in total. The van der Waals surface area contributed by atoms with Crippen LogP contribution in [0.1, 0.15) is 20.8 Å². The van der Waals surface area contributed by atoms with Crippen LogP contribution in [0.2, 0.25) is 0 Å². The van der Waals surface area contributed by atoms with Crippen molar-refractivity contribution in [3.05, 3.63) is 34.8 Å². The molecule has 0 bridgehead atoms. The predicted octanol–water partition coefficient (Wildman–Crippen LogP) is 1.70. The molecule has 2 rings (SSSR count). The minimum Gasteiger partial charge on any atom is -0.497 e. The van der Waals surface area contributed by atoms with Gasteiger partial charge in [-0.15, -0.1) is 11.3 Å². The summed E-state index contributed by atoms with van der Waals surface area (Å²) in [4.78, 5) is 30.6. The van der Waals surface area contributed by atoms with E-state index in [-0.39, 0.29) is 17.5 Å². The fourth-order valence-corrected chi connectivity index (χ4v) is 2.71. The van der Waals surface area contributed by atoms with Crippen molar-refractivity contribution in [2.24, 2.45) is 0 Å². The smallest absolute Gasteiger partial charge is 0.270 e. The van der Waals surface area contributed by atoms with E-state index in [0.29, 0.717) is 28.7 Å². The van der Waals surface area contributed by atoms with Crippen molar-refractivity contribution < 1.29 is 19.1 Å². The molecular weight excluding hydrogens is 356 g/mol. The van der Waals surface area contributed by atoms with Gasteiger partial charge in [0.15, 0.2) is 5.13 Å². The third-order valence-corrected chi connectivity index (χ3v) is 4.17. The Morgan fingerprint density at radius 3 is 2.35 bits per heavy atom. The van der Waals surface area contributed by atoms with Crippen LogP contribution in [-0.4, -0.2) is 63.1 Å². The maximum absolute atomic E-state index is 12.4. The average Bonchev–Trinajstić information content (AvgIpc) is 3.09. The molecule has 0 spiro atoms.